The molecule has 0 atom stereocenters. The number of nitrogens with one attached hydrogen (secondary N) is 1. The van der Waals surface area contributed by atoms with Crippen molar-refractivity contribution in [3.8, 4) is 11.8 Å². The number of hydrogen-bond acceptors (Lipinski definition) is 4. The van der Waals surface area contributed by atoms with E-state index < -0.39 is 5.91 Å². The quantitative estimate of drug-likeness (QED) is 0.727. The summed E-state index contributed by atoms with van der Waals surface area (Å²) in [6, 6.07) is 11.5. The van der Waals surface area contributed by atoms with Crippen molar-refractivity contribution in [3.63, 3.8) is 0 Å². The highest BCUT2D eigenvalue weighted by Gasteiger charge is 2.14. The van der Waals surface area contributed by atoms with Crippen LogP contribution in [0.4, 0.5) is 11.4 Å². The maximum Gasteiger partial charge on any atom is 0.259 e. The van der Waals surface area contributed by atoms with Crippen LogP contribution in [0, 0.1) is 18.3 Å². The van der Waals surface area contributed by atoms with Gasteiger partial charge in [-0.3, -0.25) is 4.79 Å². The molecule has 0 radical (unpaired) electrons. The van der Waals surface area contributed by atoms with Crippen LogP contribution in [0.2, 0.25) is 0 Å². The molecule has 0 fully saturated rings. The van der Waals surface area contributed by atoms with Gasteiger partial charge in [-0.1, -0.05) is 12.1 Å². The Morgan fingerprint density at radius 2 is 2.10 bits per heavy atom. The topological polar surface area (TPSA) is 99.1 Å². The number of carbonyl (C=O) groups is 1. The molecule has 5 heteroatoms. The number of aryl methyl sites for hydroxylation is 1. The number of para-hydroxylation sites is 1. The molecule has 2 aromatic rings. The van der Waals surface area contributed by atoms with Crippen LogP contribution in [-0.4, -0.2) is 11.0 Å². The highest BCUT2D eigenvalue weighted by molar-refractivity contribution is 6.07. The van der Waals surface area contributed by atoms with Crippen LogP contribution in [0.1, 0.15) is 21.5 Å². The van der Waals surface area contributed by atoms with E-state index in [1.54, 1.807) is 31.2 Å². The molecule has 100 valence electrons. The van der Waals surface area contributed by atoms with E-state index in [0.29, 0.717) is 16.9 Å². The summed E-state index contributed by atoms with van der Waals surface area (Å²) >= 11 is 0. The molecule has 0 saturated heterocycles. The molecule has 4 N–H and O–H groups in total. The highest BCUT2D eigenvalue weighted by atomic mass is 16.3. The number of benzene rings is 2. The summed E-state index contributed by atoms with van der Waals surface area (Å²) in [5, 5.41) is 21.5. The van der Waals surface area contributed by atoms with Gasteiger partial charge in [0, 0.05) is 5.69 Å². The third kappa shape index (κ3) is 2.54. The van der Waals surface area contributed by atoms with Crippen molar-refractivity contribution in [1.82, 2.24) is 0 Å². The Kier molecular flexibility index (Phi) is 3.58. The molecule has 0 aliphatic rings. The van der Waals surface area contributed by atoms with E-state index in [9.17, 15) is 9.90 Å². The van der Waals surface area contributed by atoms with Gasteiger partial charge in [-0.05, 0) is 36.8 Å². The van der Waals surface area contributed by atoms with E-state index in [4.69, 9.17) is 11.0 Å². The number of hydrogen-bond donors (Lipinski definition) is 3. The molecule has 0 aliphatic carbocycles. The molecular formula is C15H13N3O2. The molecular weight excluding hydrogens is 254 g/mol. The Morgan fingerprint density at radius 3 is 2.80 bits per heavy atom. The summed E-state index contributed by atoms with van der Waals surface area (Å²) in [7, 11) is 0. The number of anilines is 2. The van der Waals surface area contributed by atoms with Crippen LogP contribution in [0.3, 0.4) is 0 Å². The van der Waals surface area contributed by atoms with Gasteiger partial charge in [0.2, 0.25) is 0 Å². The molecule has 0 heterocycles. The van der Waals surface area contributed by atoms with Gasteiger partial charge in [-0.15, -0.1) is 0 Å². The molecule has 0 aliphatic heterocycles. The molecule has 2 rings (SSSR count). The summed E-state index contributed by atoms with van der Waals surface area (Å²) in [6.07, 6.45) is 0. The third-order valence-corrected chi connectivity index (χ3v) is 2.89. The smallest absolute Gasteiger partial charge is 0.259 e. The number of phenols is 1. The standard InChI is InChI=1S/C15H13N3O2/c1-9-3-2-4-12(14(9)19)15(20)18-13-6-5-11(17)7-10(13)8-16/h2-7,19H,17H2,1H3,(H,18,20). The number of nitriles is 1. The minimum absolute atomic E-state index is 0.0704. The van der Waals surface area contributed by atoms with Crippen LogP contribution in [0.25, 0.3) is 0 Å². The minimum atomic E-state index is -0.479. The van der Waals surface area contributed by atoms with Crippen LogP contribution in [0.5, 0.6) is 5.75 Å². The van der Waals surface area contributed by atoms with Crippen LogP contribution in [-0.2, 0) is 0 Å². The maximum atomic E-state index is 12.1. The number of nitrogens with zero attached hydrogens (tertiary/aromatic N) is 1. The highest BCUT2D eigenvalue weighted by Crippen LogP contribution is 2.24. The van der Waals surface area contributed by atoms with Gasteiger partial charge in [0.25, 0.3) is 5.91 Å². The molecule has 0 unspecified atom stereocenters. The lowest BCUT2D eigenvalue weighted by molar-refractivity contribution is 0.102. The summed E-state index contributed by atoms with van der Waals surface area (Å²) < 4.78 is 0. The van der Waals surface area contributed by atoms with Crippen molar-refractivity contribution in [2.45, 2.75) is 6.92 Å². The average Bonchev–Trinajstić information content (AvgIpc) is 2.43. The predicted molar refractivity (Wildman–Crippen MR) is 76.4 cm³/mol. The molecule has 1 amide bonds. The minimum Gasteiger partial charge on any atom is -0.507 e. The lowest BCUT2D eigenvalue weighted by Crippen LogP contribution is -2.13. The monoisotopic (exact) mass is 267 g/mol. The lowest BCUT2D eigenvalue weighted by atomic mass is 10.1. The fraction of sp³-hybridized carbons (Fsp3) is 0.0667. The molecule has 0 spiro atoms. The van der Waals surface area contributed by atoms with E-state index >= 15 is 0 Å². The van der Waals surface area contributed by atoms with E-state index in [2.05, 4.69) is 5.32 Å². The molecule has 0 saturated carbocycles. The first-order chi connectivity index (χ1) is 9.52. The van der Waals surface area contributed by atoms with Crippen molar-refractivity contribution in [2.24, 2.45) is 0 Å². The average molecular weight is 267 g/mol. The fourth-order valence-corrected chi connectivity index (χ4v) is 1.80. The van der Waals surface area contributed by atoms with Crippen LogP contribution < -0.4 is 11.1 Å². The predicted octanol–water partition coefficient (Wildman–Crippen LogP) is 2.41. The number of carbonyl (C=O) groups excluding carboxylic acids is 1. The van der Waals surface area contributed by atoms with Gasteiger partial charge in [-0.25, -0.2) is 0 Å². The molecule has 5 nitrogen and oxygen atoms in total. The van der Waals surface area contributed by atoms with Gasteiger partial charge in [0.15, 0.2) is 0 Å². The lowest BCUT2D eigenvalue weighted by Gasteiger charge is -2.10. The van der Waals surface area contributed by atoms with Gasteiger partial charge in [0.1, 0.15) is 11.8 Å². The molecule has 0 bridgehead atoms. The first-order valence-electron chi connectivity index (χ1n) is 5.92. The fourth-order valence-electron chi connectivity index (χ4n) is 1.80. The van der Waals surface area contributed by atoms with Crippen LogP contribution in [0.15, 0.2) is 36.4 Å². The number of amides is 1. The summed E-state index contributed by atoms with van der Waals surface area (Å²) in [5.41, 5.74) is 7.42. The number of rotatable bonds is 2. The Morgan fingerprint density at radius 1 is 1.35 bits per heavy atom. The van der Waals surface area contributed by atoms with E-state index in [1.165, 1.54) is 12.1 Å². The SMILES string of the molecule is Cc1cccc(C(=O)Nc2ccc(N)cc2C#N)c1O. The zero-order valence-electron chi connectivity index (χ0n) is 10.8. The Labute approximate surface area is 116 Å². The zero-order chi connectivity index (χ0) is 14.7. The van der Waals surface area contributed by atoms with Crippen molar-refractivity contribution in [1.29, 1.82) is 5.26 Å². The van der Waals surface area contributed by atoms with Gasteiger partial charge in [-0.2, -0.15) is 5.26 Å². The number of nitrogens with two attached hydrogens (primary N) is 1. The largest absolute Gasteiger partial charge is 0.507 e. The molecule has 2 aromatic carbocycles. The van der Waals surface area contributed by atoms with Gasteiger partial charge in [0.05, 0.1) is 16.8 Å². The Bertz CT molecular complexity index is 718. The van der Waals surface area contributed by atoms with Gasteiger partial charge >= 0.3 is 0 Å². The maximum absolute atomic E-state index is 12.1. The normalized spacial score (nSPS) is 9.80. The summed E-state index contributed by atoms with van der Waals surface area (Å²) in [5.74, 6) is -0.550. The number of aromatic hydroxyl groups is 1. The van der Waals surface area contributed by atoms with E-state index in [-0.39, 0.29) is 16.9 Å². The van der Waals surface area contributed by atoms with Gasteiger partial charge < -0.3 is 16.2 Å². The second-order valence-corrected chi connectivity index (χ2v) is 4.34. The first-order valence-corrected chi connectivity index (χ1v) is 5.92. The summed E-state index contributed by atoms with van der Waals surface area (Å²) in [6.45, 7) is 1.70. The van der Waals surface area contributed by atoms with Crippen molar-refractivity contribution in [2.75, 3.05) is 11.1 Å². The molecule has 0 aromatic heterocycles. The first kappa shape index (κ1) is 13.4. The van der Waals surface area contributed by atoms with Crippen molar-refractivity contribution >= 4 is 17.3 Å². The van der Waals surface area contributed by atoms with E-state index in [1.807, 2.05) is 6.07 Å². The molecule has 20 heavy (non-hydrogen) atoms. The van der Waals surface area contributed by atoms with E-state index in [0.717, 1.165) is 0 Å². The second kappa shape index (κ2) is 5.33. The summed E-state index contributed by atoms with van der Waals surface area (Å²) in [4.78, 5) is 12.1. The number of phenolic OH excluding ortho intramolecular Hbond substituents is 1. The Balaban J connectivity index is 2.33. The van der Waals surface area contributed by atoms with Crippen molar-refractivity contribution < 1.29 is 9.90 Å². The number of nitrogen functional groups attached to an aromatic ring is 1. The third-order valence-electron chi connectivity index (χ3n) is 2.89. The Hall–Kier alpha value is -3.00. The van der Waals surface area contributed by atoms with Crippen molar-refractivity contribution in [3.05, 3.63) is 53.1 Å². The second-order valence-electron chi connectivity index (χ2n) is 4.34. The van der Waals surface area contributed by atoms with Crippen LogP contribution >= 0.6 is 0 Å². The zero-order valence-corrected chi connectivity index (χ0v) is 10.8.